The summed E-state index contributed by atoms with van der Waals surface area (Å²) in [6.45, 7) is 6.32. The van der Waals surface area contributed by atoms with Crippen LogP contribution in [-0.4, -0.2) is 10.4 Å². The van der Waals surface area contributed by atoms with Gasteiger partial charge in [0.1, 0.15) is 5.82 Å². The second-order valence-electron chi connectivity index (χ2n) is 4.88. The Kier molecular flexibility index (Phi) is 4.09. The standard InChI is InChI=1S/C12H17ClFN/c1-12(2,3)11(13)5-4-9-6-10(14)8-15-7-9/h6-8,11H,4-5H2,1-3H3. The zero-order valence-electron chi connectivity index (χ0n) is 9.43. The number of aromatic nitrogens is 1. The van der Waals surface area contributed by atoms with E-state index in [1.807, 2.05) is 0 Å². The van der Waals surface area contributed by atoms with E-state index < -0.39 is 0 Å². The SMILES string of the molecule is CC(C)(C)C(Cl)CCc1cncc(F)c1. The van der Waals surface area contributed by atoms with E-state index in [0.717, 1.165) is 18.4 Å². The summed E-state index contributed by atoms with van der Waals surface area (Å²) in [7, 11) is 0. The molecule has 0 amide bonds. The second kappa shape index (κ2) is 4.93. The zero-order valence-corrected chi connectivity index (χ0v) is 10.2. The van der Waals surface area contributed by atoms with Crippen LogP contribution in [0.3, 0.4) is 0 Å². The van der Waals surface area contributed by atoms with Gasteiger partial charge in [-0.25, -0.2) is 4.39 Å². The average Bonchev–Trinajstić information content (AvgIpc) is 2.12. The summed E-state index contributed by atoms with van der Waals surface area (Å²) in [5.41, 5.74) is 0.993. The van der Waals surface area contributed by atoms with Gasteiger partial charge in [-0.05, 0) is 29.9 Å². The monoisotopic (exact) mass is 229 g/mol. The molecule has 1 nitrogen and oxygen atoms in total. The van der Waals surface area contributed by atoms with Gasteiger partial charge in [-0.3, -0.25) is 4.98 Å². The average molecular weight is 230 g/mol. The molecule has 1 heterocycles. The summed E-state index contributed by atoms with van der Waals surface area (Å²) in [4.78, 5) is 3.81. The lowest BCUT2D eigenvalue weighted by Gasteiger charge is -2.24. The van der Waals surface area contributed by atoms with E-state index >= 15 is 0 Å². The topological polar surface area (TPSA) is 12.9 Å². The Morgan fingerprint density at radius 1 is 1.40 bits per heavy atom. The second-order valence-corrected chi connectivity index (χ2v) is 5.41. The van der Waals surface area contributed by atoms with Gasteiger partial charge >= 0.3 is 0 Å². The summed E-state index contributed by atoms with van der Waals surface area (Å²) in [5, 5.41) is 0.0979. The molecule has 0 aromatic carbocycles. The maximum Gasteiger partial charge on any atom is 0.141 e. The van der Waals surface area contributed by atoms with Crippen LogP contribution in [0.1, 0.15) is 32.8 Å². The lowest BCUT2D eigenvalue weighted by Crippen LogP contribution is -2.21. The van der Waals surface area contributed by atoms with Crippen molar-refractivity contribution in [3.05, 3.63) is 29.8 Å². The summed E-state index contributed by atoms with van der Waals surface area (Å²) in [6, 6.07) is 1.51. The van der Waals surface area contributed by atoms with E-state index in [4.69, 9.17) is 11.6 Å². The maximum atomic E-state index is 12.8. The first-order valence-electron chi connectivity index (χ1n) is 5.13. The summed E-state index contributed by atoms with van der Waals surface area (Å²) >= 11 is 6.23. The van der Waals surface area contributed by atoms with Gasteiger partial charge in [0.25, 0.3) is 0 Å². The van der Waals surface area contributed by atoms with Gasteiger partial charge in [0.05, 0.1) is 6.20 Å². The summed E-state index contributed by atoms with van der Waals surface area (Å²) in [6.07, 6.45) is 4.52. The number of alkyl halides is 1. The summed E-state index contributed by atoms with van der Waals surface area (Å²) < 4.78 is 12.8. The largest absolute Gasteiger partial charge is 0.261 e. The fourth-order valence-electron chi connectivity index (χ4n) is 1.32. The van der Waals surface area contributed by atoms with Crippen LogP contribution in [0, 0.1) is 11.2 Å². The number of hydrogen-bond donors (Lipinski definition) is 0. The fourth-order valence-corrected chi connectivity index (χ4v) is 1.43. The molecule has 0 spiro atoms. The molecule has 0 radical (unpaired) electrons. The Labute approximate surface area is 95.7 Å². The maximum absolute atomic E-state index is 12.8. The third-order valence-electron chi connectivity index (χ3n) is 2.39. The molecular formula is C12H17ClFN. The number of halogens is 2. The van der Waals surface area contributed by atoms with Crippen LogP contribution < -0.4 is 0 Å². The van der Waals surface area contributed by atoms with Gasteiger partial charge in [-0.15, -0.1) is 11.6 Å². The Bertz CT molecular complexity index is 320. The highest BCUT2D eigenvalue weighted by Gasteiger charge is 2.21. The first kappa shape index (κ1) is 12.4. The van der Waals surface area contributed by atoms with Crippen molar-refractivity contribution in [3.8, 4) is 0 Å². The number of aryl methyl sites for hydroxylation is 1. The molecule has 1 unspecified atom stereocenters. The van der Waals surface area contributed by atoms with Crippen molar-refractivity contribution >= 4 is 11.6 Å². The summed E-state index contributed by atoms with van der Waals surface area (Å²) in [5.74, 6) is -0.283. The molecule has 0 aliphatic rings. The van der Waals surface area contributed by atoms with Crippen LogP contribution in [0.5, 0.6) is 0 Å². The Balaban J connectivity index is 2.51. The van der Waals surface area contributed by atoms with Crippen LogP contribution >= 0.6 is 11.6 Å². The first-order chi connectivity index (χ1) is 6.89. The molecule has 0 fully saturated rings. The number of nitrogens with zero attached hydrogens (tertiary/aromatic N) is 1. The smallest absolute Gasteiger partial charge is 0.141 e. The molecule has 0 aliphatic carbocycles. The quantitative estimate of drug-likeness (QED) is 0.719. The number of pyridine rings is 1. The molecule has 3 heteroatoms. The number of hydrogen-bond acceptors (Lipinski definition) is 1. The minimum Gasteiger partial charge on any atom is -0.261 e. The molecule has 15 heavy (non-hydrogen) atoms. The lowest BCUT2D eigenvalue weighted by molar-refractivity contribution is 0.374. The molecule has 1 aromatic rings. The van der Waals surface area contributed by atoms with Crippen molar-refractivity contribution in [1.82, 2.24) is 4.98 Å². The van der Waals surface area contributed by atoms with Crippen molar-refractivity contribution in [2.24, 2.45) is 5.41 Å². The van der Waals surface area contributed by atoms with E-state index in [2.05, 4.69) is 25.8 Å². The minimum atomic E-state index is -0.283. The van der Waals surface area contributed by atoms with Crippen molar-refractivity contribution in [3.63, 3.8) is 0 Å². The highest BCUT2D eigenvalue weighted by Crippen LogP contribution is 2.28. The van der Waals surface area contributed by atoms with E-state index in [1.54, 1.807) is 6.20 Å². The first-order valence-corrected chi connectivity index (χ1v) is 5.57. The van der Waals surface area contributed by atoms with Gasteiger partial charge < -0.3 is 0 Å². The van der Waals surface area contributed by atoms with Crippen LogP contribution in [0.4, 0.5) is 4.39 Å². The van der Waals surface area contributed by atoms with Crippen LogP contribution in [0.25, 0.3) is 0 Å². The molecule has 0 saturated carbocycles. The molecule has 0 aliphatic heterocycles. The van der Waals surface area contributed by atoms with Gasteiger partial charge in [-0.2, -0.15) is 0 Å². The van der Waals surface area contributed by atoms with Crippen molar-refractivity contribution in [2.45, 2.75) is 39.0 Å². The predicted octanol–water partition coefficient (Wildman–Crippen LogP) is 3.81. The van der Waals surface area contributed by atoms with E-state index in [0.29, 0.717) is 0 Å². The van der Waals surface area contributed by atoms with Gasteiger partial charge in [0.2, 0.25) is 0 Å². The van der Waals surface area contributed by atoms with Crippen molar-refractivity contribution < 1.29 is 4.39 Å². The molecule has 1 atom stereocenters. The molecule has 84 valence electrons. The van der Waals surface area contributed by atoms with E-state index in [-0.39, 0.29) is 16.6 Å². The Morgan fingerprint density at radius 3 is 2.60 bits per heavy atom. The fraction of sp³-hybridized carbons (Fsp3) is 0.583. The molecule has 0 saturated heterocycles. The highest BCUT2D eigenvalue weighted by molar-refractivity contribution is 6.21. The van der Waals surface area contributed by atoms with Crippen molar-refractivity contribution in [1.29, 1.82) is 0 Å². The molecule has 0 bridgehead atoms. The Hall–Kier alpha value is -0.630. The zero-order chi connectivity index (χ0) is 11.5. The minimum absolute atomic E-state index is 0.0856. The van der Waals surface area contributed by atoms with Crippen molar-refractivity contribution in [2.75, 3.05) is 0 Å². The van der Waals surface area contributed by atoms with Crippen LogP contribution in [0.2, 0.25) is 0 Å². The van der Waals surface area contributed by atoms with Gasteiger partial charge in [0, 0.05) is 11.6 Å². The van der Waals surface area contributed by atoms with Crippen LogP contribution in [0.15, 0.2) is 18.5 Å². The molecule has 0 N–H and O–H groups in total. The predicted molar refractivity (Wildman–Crippen MR) is 61.6 cm³/mol. The third-order valence-corrected chi connectivity index (χ3v) is 3.26. The third kappa shape index (κ3) is 4.17. The van der Waals surface area contributed by atoms with Gasteiger partial charge in [0.15, 0.2) is 0 Å². The molecule has 1 rings (SSSR count). The highest BCUT2D eigenvalue weighted by atomic mass is 35.5. The Morgan fingerprint density at radius 2 is 2.07 bits per heavy atom. The normalized spacial score (nSPS) is 13.9. The van der Waals surface area contributed by atoms with E-state index in [9.17, 15) is 4.39 Å². The van der Waals surface area contributed by atoms with E-state index in [1.165, 1.54) is 12.3 Å². The van der Waals surface area contributed by atoms with Gasteiger partial charge in [-0.1, -0.05) is 20.8 Å². The molecule has 1 aromatic heterocycles. The van der Waals surface area contributed by atoms with Crippen LogP contribution in [-0.2, 0) is 6.42 Å². The molecular weight excluding hydrogens is 213 g/mol. The number of rotatable bonds is 3. The lowest BCUT2D eigenvalue weighted by atomic mass is 9.88.